The number of thiazole rings is 1. The Labute approximate surface area is 177 Å². The van der Waals surface area contributed by atoms with Crippen LogP contribution in [0, 0.1) is 12.8 Å². The monoisotopic (exact) mass is 450 g/mol. The first-order valence-electron chi connectivity index (χ1n) is 9.37. The Balaban J connectivity index is 1.83. The topological polar surface area (TPSA) is 146 Å². The summed E-state index contributed by atoms with van der Waals surface area (Å²) in [5.74, 6) is -0.266. The summed E-state index contributed by atoms with van der Waals surface area (Å²) in [5, 5.41) is 33.3. The van der Waals surface area contributed by atoms with Gasteiger partial charge in [0.15, 0.2) is 0 Å². The fourth-order valence-electron chi connectivity index (χ4n) is 3.68. The molecule has 2 aromatic heterocycles. The number of aryl methyl sites for hydroxylation is 1. The predicted octanol–water partition coefficient (Wildman–Crippen LogP) is 0.980. The Hall–Kier alpha value is -2.18. The maximum absolute atomic E-state index is 12.1. The molecule has 4 N–H and O–H groups in total. The minimum Gasteiger partial charge on any atom is -0.396 e. The van der Waals surface area contributed by atoms with E-state index < -0.39 is 34.0 Å². The van der Waals surface area contributed by atoms with Gasteiger partial charge in [-0.2, -0.15) is 0 Å². The van der Waals surface area contributed by atoms with Crippen LogP contribution in [0.5, 0.6) is 0 Å². The van der Waals surface area contributed by atoms with Crippen LogP contribution in [0.15, 0.2) is 29.4 Å². The lowest BCUT2D eigenvalue weighted by Gasteiger charge is -2.21. The highest BCUT2D eigenvalue weighted by atomic mass is 32.2. The molecule has 1 aliphatic rings. The van der Waals surface area contributed by atoms with Crippen LogP contribution in [-0.4, -0.2) is 69.8 Å². The van der Waals surface area contributed by atoms with Crippen molar-refractivity contribution in [2.75, 3.05) is 18.2 Å². The molecule has 0 amide bonds. The van der Waals surface area contributed by atoms with Crippen molar-refractivity contribution in [3.63, 3.8) is 0 Å². The van der Waals surface area contributed by atoms with Gasteiger partial charge in [0.2, 0.25) is 15.0 Å². The average Bonchev–Trinajstić information content (AvgIpc) is 3.23. The van der Waals surface area contributed by atoms with E-state index in [-0.39, 0.29) is 17.6 Å². The highest BCUT2D eigenvalue weighted by molar-refractivity contribution is 7.90. The van der Waals surface area contributed by atoms with Gasteiger partial charge in [0, 0.05) is 18.8 Å². The zero-order valence-corrected chi connectivity index (χ0v) is 18.0. The van der Waals surface area contributed by atoms with E-state index in [4.69, 9.17) is 0 Å². The van der Waals surface area contributed by atoms with Crippen LogP contribution in [0.3, 0.4) is 0 Å². The molecule has 0 saturated heterocycles. The highest BCUT2D eigenvalue weighted by Crippen LogP contribution is 2.37. The van der Waals surface area contributed by atoms with Crippen LogP contribution >= 0.6 is 11.3 Å². The second kappa shape index (κ2) is 7.82. The number of hydrogen-bond acceptors (Lipinski definition) is 10. The van der Waals surface area contributed by atoms with Crippen molar-refractivity contribution in [3.05, 3.63) is 30.0 Å². The van der Waals surface area contributed by atoms with Gasteiger partial charge in [0.25, 0.3) is 0 Å². The normalized spacial score (nSPS) is 24.4. The third-order valence-electron chi connectivity index (χ3n) is 5.27. The van der Waals surface area contributed by atoms with E-state index in [0.29, 0.717) is 22.7 Å². The third kappa shape index (κ3) is 3.79. The first kappa shape index (κ1) is 21.1. The Morgan fingerprint density at radius 2 is 1.90 bits per heavy atom. The molecule has 160 valence electrons. The van der Waals surface area contributed by atoms with Crippen molar-refractivity contribution in [2.45, 2.75) is 36.8 Å². The van der Waals surface area contributed by atoms with Gasteiger partial charge >= 0.3 is 0 Å². The van der Waals surface area contributed by atoms with E-state index in [2.05, 4.69) is 20.3 Å². The van der Waals surface area contributed by atoms with Crippen LogP contribution in [0.4, 0.5) is 5.82 Å². The molecule has 4 rings (SSSR count). The Morgan fingerprint density at radius 3 is 2.53 bits per heavy atom. The second-order valence-electron chi connectivity index (χ2n) is 7.48. The van der Waals surface area contributed by atoms with Crippen molar-refractivity contribution in [1.29, 1.82) is 0 Å². The number of hydrogen-bond donors (Lipinski definition) is 4. The maximum atomic E-state index is 12.1. The molecule has 0 spiro atoms. The fraction of sp³-hybridized carbons (Fsp3) is 0.421. The zero-order chi connectivity index (χ0) is 21.6. The van der Waals surface area contributed by atoms with E-state index in [1.54, 1.807) is 6.92 Å². The minimum atomic E-state index is -3.68. The van der Waals surface area contributed by atoms with Gasteiger partial charge in [-0.05, 0) is 25.5 Å². The summed E-state index contributed by atoms with van der Waals surface area (Å²) in [6.07, 6.45) is -0.896. The SMILES string of the molecule is Cc1nc(S(C)(=O)=O)nc(NC2C[C@H](CO)[C@@H](O)[C@H]2O)c1-c1nc2ccccc2s1. The summed E-state index contributed by atoms with van der Waals surface area (Å²) in [5.41, 5.74) is 1.77. The number of rotatable bonds is 5. The van der Waals surface area contributed by atoms with Crippen LogP contribution in [0.2, 0.25) is 0 Å². The molecular formula is C19H22N4O5S2. The lowest BCUT2D eigenvalue weighted by Crippen LogP contribution is -2.36. The van der Waals surface area contributed by atoms with Gasteiger partial charge < -0.3 is 20.6 Å². The van der Waals surface area contributed by atoms with Gasteiger partial charge in [0.1, 0.15) is 16.9 Å². The molecule has 1 fully saturated rings. The summed E-state index contributed by atoms with van der Waals surface area (Å²) in [4.78, 5) is 13.0. The number of anilines is 1. The van der Waals surface area contributed by atoms with Crippen LogP contribution < -0.4 is 5.32 Å². The summed E-state index contributed by atoms with van der Waals surface area (Å²) >= 11 is 1.42. The number of fused-ring (bicyclic) bond motifs is 1. The molecule has 30 heavy (non-hydrogen) atoms. The van der Waals surface area contributed by atoms with Gasteiger partial charge in [-0.15, -0.1) is 11.3 Å². The van der Waals surface area contributed by atoms with Gasteiger partial charge in [-0.25, -0.2) is 23.4 Å². The number of aliphatic hydroxyl groups excluding tert-OH is 3. The standard InChI is InChI=1S/C19H22N4O5S2/c1-9-14(18-22-11-5-3-4-6-13(11)29-18)17(23-19(20-9)30(2,27)28)21-12-7-10(8-24)15(25)16(12)26/h3-6,10,12,15-16,24-26H,7-8H2,1-2H3,(H,20,21,23)/t10-,12?,15-,16+/m1/s1. The molecule has 1 unspecified atom stereocenters. The molecular weight excluding hydrogens is 428 g/mol. The summed E-state index contributed by atoms with van der Waals surface area (Å²) in [7, 11) is -3.68. The Kier molecular flexibility index (Phi) is 5.49. The molecule has 0 bridgehead atoms. The number of nitrogens with zero attached hydrogens (tertiary/aromatic N) is 3. The van der Waals surface area contributed by atoms with Crippen molar-refractivity contribution in [1.82, 2.24) is 15.0 Å². The van der Waals surface area contributed by atoms with Gasteiger partial charge in [-0.1, -0.05) is 12.1 Å². The number of nitrogens with one attached hydrogen (secondary N) is 1. The molecule has 11 heteroatoms. The van der Waals surface area contributed by atoms with E-state index in [0.717, 1.165) is 16.5 Å². The molecule has 0 aliphatic heterocycles. The Bertz CT molecular complexity index is 1160. The maximum Gasteiger partial charge on any atom is 0.249 e. The number of para-hydroxylation sites is 1. The lowest BCUT2D eigenvalue weighted by molar-refractivity contribution is 0.00445. The molecule has 0 radical (unpaired) electrons. The number of sulfone groups is 1. The van der Waals surface area contributed by atoms with E-state index in [1.807, 2.05) is 24.3 Å². The number of benzene rings is 1. The van der Waals surface area contributed by atoms with Crippen LogP contribution in [-0.2, 0) is 9.84 Å². The largest absolute Gasteiger partial charge is 0.396 e. The molecule has 4 atom stereocenters. The van der Waals surface area contributed by atoms with E-state index >= 15 is 0 Å². The molecule has 2 heterocycles. The summed E-state index contributed by atoms with van der Waals surface area (Å²) in [6.45, 7) is 1.41. The van der Waals surface area contributed by atoms with Crippen molar-refractivity contribution in [2.24, 2.45) is 5.92 Å². The predicted molar refractivity (Wildman–Crippen MR) is 113 cm³/mol. The Morgan fingerprint density at radius 1 is 1.17 bits per heavy atom. The first-order valence-corrected chi connectivity index (χ1v) is 12.1. The fourth-order valence-corrected chi connectivity index (χ4v) is 5.30. The van der Waals surface area contributed by atoms with Crippen molar-refractivity contribution >= 4 is 37.2 Å². The van der Waals surface area contributed by atoms with Crippen molar-refractivity contribution < 1.29 is 23.7 Å². The summed E-state index contributed by atoms with van der Waals surface area (Å²) < 4.78 is 25.1. The van der Waals surface area contributed by atoms with Crippen LogP contribution in [0.25, 0.3) is 20.8 Å². The second-order valence-corrected chi connectivity index (χ2v) is 10.4. The van der Waals surface area contributed by atoms with E-state index in [1.165, 1.54) is 11.3 Å². The third-order valence-corrected chi connectivity index (χ3v) is 7.17. The minimum absolute atomic E-state index is 0.219. The quantitative estimate of drug-likeness (QED) is 0.418. The van der Waals surface area contributed by atoms with Gasteiger partial charge in [-0.3, -0.25) is 0 Å². The summed E-state index contributed by atoms with van der Waals surface area (Å²) in [6, 6.07) is 6.99. The van der Waals surface area contributed by atoms with Gasteiger partial charge in [0.05, 0.1) is 33.6 Å². The molecule has 1 saturated carbocycles. The molecule has 1 aliphatic carbocycles. The molecule has 3 aromatic rings. The average molecular weight is 451 g/mol. The number of aromatic nitrogens is 3. The van der Waals surface area contributed by atoms with Crippen LogP contribution in [0.1, 0.15) is 12.1 Å². The number of aliphatic hydroxyl groups is 3. The van der Waals surface area contributed by atoms with E-state index in [9.17, 15) is 23.7 Å². The smallest absolute Gasteiger partial charge is 0.249 e. The molecule has 1 aromatic carbocycles. The molecule has 9 nitrogen and oxygen atoms in total. The first-order chi connectivity index (χ1) is 14.2. The lowest BCUT2D eigenvalue weighted by atomic mass is 10.1. The highest BCUT2D eigenvalue weighted by Gasteiger charge is 2.41. The van der Waals surface area contributed by atoms with Crippen molar-refractivity contribution in [3.8, 4) is 10.6 Å². The zero-order valence-electron chi connectivity index (χ0n) is 16.3.